The fraction of sp³-hybridized carbons (Fsp3) is 0.625. The summed E-state index contributed by atoms with van der Waals surface area (Å²) in [5.41, 5.74) is 0. The molecule has 4 nitrogen and oxygen atoms in total. The Morgan fingerprint density at radius 3 is 2.83 bits per heavy atom. The maximum absolute atomic E-state index is 10.2. The molecule has 12 heavy (non-hydrogen) atoms. The molecule has 0 aromatic rings. The molecule has 0 aliphatic heterocycles. The maximum Gasteiger partial charge on any atom is 0.332 e. The minimum Gasteiger partial charge on any atom is -0.502 e. The van der Waals surface area contributed by atoms with Crippen molar-refractivity contribution in [2.75, 3.05) is 13.2 Å². The summed E-state index contributed by atoms with van der Waals surface area (Å²) in [6.07, 6.45) is 1.28. The highest BCUT2D eigenvalue weighted by Gasteiger charge is 2.09. The number of carbonyl (C=O) groups is 1. The van der Waals surface area contributed by atoms with Gasteiger partial charge in [0.2, 0.25) is 0 Å². The van der Waals surface area contributed by atoms with Crippen molar-refractivity contribution >= 4 is 5.97 Å². The molecule has 0 aromatic heterocycles. The van der Waals surface area contributed by atoms with Gasteiger partial charge < -0.3 is 14.6 Å². The molecule has 0 aliphatic rings. The summed E-state index contributed by atoms with van der Waals surface area (Å²) < 4.78 is 9.75. The highest BCUT2D eigenvalue weighted by molar-refractivity contribution is 5.71. The second-order valence-corrected chi connectivity index (χ2v) is 2.24. The lowest BCUT2D eigenvalue weighted by molar-refractivity contribution is -0.149. The van der Waals surface area contributed by atoms with E-state index in [2.05, 4.69) is 6.58 Å². The van der Waals surface area contributed by atoms with E-state index >= 15 is 0 Å². The fourth-order valence-electron chi connectivity index (χ4n) is 0.557. The molecule has 0 rings (SSSR count). The van der Waals surface area contributed by atoms with Gasteiger partial charge in [0, 0.05) is 6.42 Å². The zero-order chi connectivity index (χ0) is 9.40. The Morgan fingerprint density at radius 1 is 1.67 bits per heavy atom. The maximum atomic E-state index is 10.2. The lowest BCUT2D eigenvalue weighted by atomic mass is 10.4. The lowest BCUT2D eigenvalue weighted by Crippen LogP contribution is -2.20. The largest absolute Gasteiger partial charge is 0.502 e. The van der Waals surface area contributed by atoms with Crippen molar-refractivity contribution in [3.63, 3.8) is 0 Å². The van der Waals surface area contributed by atoms with Gasteiger partial charge in [0.1, 0.15) is 0 Å². The van der Waals surface area contributed by atoms with Crippen molar-refractivity contribution in [2.24, 2.45) is 0 Å². The van der Waals surface area contributed by atoms with Crippen LogP contribution in [0.25, 0.3) is 0 Å². The van der Waals surface area contributed by atoms with Crippen LogP contribution in [0.2, 0.25) is 0 Å². The number of hydrogen-bond donors (Lipinski definition) is 1. The van der Waals surface area contributed by atoms with Gasteiger partial charge in [0.15, 0.2) is 6.10 Å². The molecule has 1 unspecified atom stereocenters. The molecular formula is C8H14O4. The summed E-state index contributed by atoms with van der Waals surface area (Å²) in [7, 11) is 0. The minimum atomic E-state index is -0.945. The van der Waals surface area contributed by atoms with Crippen molar-refractivity contribution in [1.29, 1.82) is 0 Å². The van der Waals surface area contributed by atoms with E-state index in [0.29, 0.717) is 19.6 Å². The van der Waals surface area contributed by atoms with Gasteiger partial charge in [0.25, 0.3) is 0 Å². The van der Waals surface area contributed by atoms with Gasteiger partial charge >= 0.3 is 5.97 Å². The van der Waals surface area contributed by atoms with Gasteiger partial charge in [0.05, 0.1) is 19.5 Å². The van der Waals surface area contributed by atoms with E-state index in [0.717, 1.165) is 0 Å². The first-order valence-electron chi connectivity index (χ1n) is 3.75. The highest BCUT2D eigenvalue weighted by atomic mass is 16.5. The third-order valence-corrected chi connectivity index (χ3v) is 1.24. The Bertz CT molecular complexity index is 144. The summed E-state index contributed by atoms with van der Waals surface area (Å²) in [5, 5.41) is 8.41. The summed E-state index contributed by atoms with van der Waals surface area (Å²) in [6, 6.07) is 0. The van der Waals surface area contributed by atoms with Gasteiger partial charge in [-0.2, -0.15) is 0 Å². The molecule has 0 aliphatic carbocycles. The molecule has 1 atom stereocenters. The Kier molecular flexibility index (Phi) is 6.09. The van der Waals surface area contributed by atoms with Crippen molar-refractivity contribution < 1.29 is 19.4 Å². The third-order valence-electron chi connectivity index (χ3n) is 1.24. The smallest absolute Gasteiger partial charge is 0.332 e. The summed E-state index contributed by atoms with van der Waals surface area (Å²) >= 11 is 0. The lowest BCUT2D eigenvalue weighted by Gasteiger charge is -2.07. The molecule has 0 aromatic carbocycles. The summed E-state index contributed by atoms with van der Waals surface area (Å²) in [4.78, 5) is 10.2. The molecule has 0 radical (unpaired) electrons. The van der Waals surface area contributed by atoms with Crippen LogP contribution in [0.1, 0.15) is 13.3 Å². The number of ether oxygens (including phenoxy) is 2. The Balaban J connectivity index is 3.19. The number of rotatable bonds is 7. The molecule has 0 saturated carbocycles. The predicted molar refractivity (Wildman–Crippen MR) is 43.8 cm³/mol. The molecule has 0 heterocycles. The van der Waals surface area contributed by atoms with Gasteiger partial charge in [-0.3, -0.25) is 0 Å². The second-order valence-electron chi connectivity index (χ2n) is 2.24. The monoisotopic (exact) mass is 174 g/mol. The quantitative estimate of drug-likeness (QED) is 0.462. The summed E-state index contributed by atoms with van der Waals surface area (Å²) in [6.45, 7) is 5.76. The van der Waals surface area contributed by atoms with Crippen LogP contribution in [0, 0.1) is 0 Å². The Labute approximate surface area is 71.8 Å². The molecule has 0 bridgehead atoms. The molecule has 1 N–H and O–H groups in total. The van der Waals surface area contributed by atoms with Gasteiger partial charge in [-0.15, -0.1) is 0 Å². The van der Waals surface area contributed by atoms with E-state index in [9.17, 15) is 4.79 Å². The van der Waals surface area contributed by atoms with Crippen molar-refractivity contribution in [2.45, 2.75) is 19.4 Å². The molecule has 0 fully saturated rings. The number of hydrogen-bond acceptors (Lipinski definition) is 3. The van der Waals surface area contributed by atoms with Gasteiger partial charge in [-0.05, 0) is 6.92 Å². The number of carboxylic acid groups (broad SMARTS) is 1. The van der Waals surface area contributed by atoms with Crippen LogP contribution in [0.15, 0.2) is 12.8 Å². The Morgan fingerprint density at radius 2 is 2.33 bits per heavy atom. The number of carboxylic acids is 1. The molecule has 4 heteroatoms. The van der Waals surface area contributed by atoms with Crippen molar-refractivity contribution in [3.8, 4) is 0 Å². The third kappa shape index (κ3) is 5.73. The first kappa shape index (κ1) is 11.0. The topological polar surface area (TPSA) is 55.8 Å². The van der Waals surface area contributed by atoms with Gasteiger partial charge in [-0.25, -0.2) is 4.79 Å². The van der Waals surface area contributed by atoms with Crippen LogP contribution in [-0.2, 0) is 14.3 Å². The van der Waals surface area contributed by atoms with E-state index in [1.165, 1.54) is 13.2 Å². The zero-order valence-corrected chi connectivity index (χ0v) is 7.16. The average Bonchev–Trinajstić information content (AvgIpc) is 2.03. The highest BCUT2D eigenvalue weighted by Crippen LogP contribution is 1.92. The first-order chi connectivity index (χ1) is 5.68. The number of aliphatic carboxylic acids is 1. The van der Waals surface area contributed by atoms with E-state index in [1.54, 1.807) is 0 Å². The van der Waals surface area contributed by atoms with Crippen molar-refractivity contribution in [1.82, 2.24) is 0 Å². The van der Waals surface area contributed by atoms with E-state index < -0.39 is 12.1 Å². The minimum absolute atomic E-state index is 0.390. The average molecular weight is 174 g/mol. The van der Waals surface area contributed by atoms with Crippen molar-refractivity contribution in [3.05, 3.63) is 12.8 Å². The van der Waals surface area contributed by atoms with Gasteiger partial charge in [-0.1, -0.05) is 6.58 Å². The standard InChI is InChI=1S/C8H14O4/c1-3-11-5-4-6-12-7(2)8(9)10/h3,7H,1,4-6H2,2H3,(H,9,10). The normalized spacial score (nSPS) is 12.1. The SMILES string of the molecule is C=COCCCOC(C)C(=O)O. The van der Waals surface area contributed by atoms with Crippen LogP contribution in [0.5, 0.6) is 0 Å². The van der Waals surface area contributed by atoms with Crippen LogP contribution >= 0.6 is 0 Å². The van der Waals surface area contributed by atoms with Crippen LogP contribution in [0.3, 0.4) is 0 Å². The molecule has 0 saturated heterocycles. The van der Waals surface area contributed by atoms with Crippen LogP contribution in [0.4, 0.5) is 0 Å². The molecule has 0 amide bonds. The zero-order valence-electron chi connectivity index (χ0n) is 7.16. The van der Waals surface area contributed by atoms with Crippen LogP contribution in [-0.4, -0.2) is 30.4 Å². The van der Waals surface area contributed by atoms with Crippen LogP contribution < -0.4 is 0 Å². The van der Waals surface area contributed by atoms with E-state index in [4.69, 9.17) is 14.6 Å². The molecule has 70 valence electrons. The Hall–Kier alpha value is -1.03. The van der Waals surface area contributed by atoms with E-state index in [-0.39, 0.29) is 0 Å². The van der Waals surface area contributed by atoms with E-state index in [1.807, 2.05) is 0 Å². The molecule has 0 spiro atoms. The summed E-state index contributed by atoms with van der Waals surface area (Å²) in [5.74, 6) is -0.945. The predicted octanol–water partition coefficient (Wildman–Crippen LogP) is 1.03. The fourth-order valence-corrected chi connectivity index (χ4v) is 0.557. The first-order valence-corrected chi connectivity index (χ1v) is 3.75. The second kappa shape index (κ2) is 6.67. The molecular weight excluding hydrogens is 160 g/mol.